The highest BCUT2D eigenvalue weighted by Crippen LogP contribution is 2.34. The third-order valence-corrected chi connectivity index (χ3v) is 5.25. The highest BCUT2D eigenvalue weighted by molar-refractivity contribution is 6.04. The highest BCUT2D eigenvalue weighted by Gasteiger charge is 2.25. The van der Waals surface area contributed by atoms with Crippen LogP contribution in [0.1, 0.15) is 76.0 Å². The Morgan fingerprint density at radius 3 is 2.50 bits per heavy atom. The number of benzene rings is 1. The molecule has 1 aromatic heterocycles. The fourth-order valence-corrected chi connectivity index (χ4v) is 3.69. The third-order valence-electron chi connectivity index (χ3n) is 5.25. The molecule has 1 aromatic carbocycles. The van der Waals surface area contributed by atoms with Gasteiger partial charge in [-0.2, -0.15) is 5.10 Å². The molecule has 0 aliphatic carbocycles. The molecule has 7 heteroatoms. The Morgan fingerprint density at radius 1 is 1.20 bits per heavy atom. The fraction of sp³-hybridized carbons (Fsp3) is 0.522. The van der Waals surface area contributed by atoms with Gasteiger partial charge in [0.2, 0.25) is 5.91 Å². The number of carbonyl (C=O) groups is 2. The first-order chi connectivity index (χ1) is 14.1. The molecule has 7 nitrogen and oxygen atoms in total. The standard InChI is InChI=1S/C23H32N4O3/c1-15(2)18-14-17(25-27(18)23(3,4)5)22(29)24-16-10-11-20(30-6)19(13-16)26-12-8-7-9-21(26)28/h10-11,13-15H,7-9,12H2,1-6H3,(H,24,29). The molecule has 1 fully saturated rings. The number of ether oxygens (including phenoxy) is 1. The largest absolute Gasteiger partial charge is 0.495 e. The van der Waals surface area contributed by atoms with Crippen LogP contribution < -0.4 is 15.0 Å². The monoisotopic (exact) mass is 412 g/mol. The van der Waals surface area contributed by atoms with Gasteiger partial charge in [-0.15, -0.1) is 0 Å². The van der Waals surface area contributed by atoms with E-state index in [2.05, 4.69) is 45.0 Å². The number of carbonyl (C=O) groups excluding carboxylic acids is 2. The van der Waals surface area contributed by atoms with Crippen molar-refractivity contribution in [2.24, 2.45) is 0 Å². The van der Waals surface area contributed by atoms with Crippen LogP contribution in [0.15, 0.2) is 24.3 Å². The zero-order valence-corrected chi connectivity index (χ0v) is 18.8. The van der Waals surface area contributed by atoms with Crippen molar-refractivity contribution in [3.05, 3.63) is 35.7 Å². The lowest BCUT2D eigenvalue weighted by atomic mass is 10.1. The molecule has 1 N–H and O–H groups in total. The minimum Gasteiger partial charge on any atom is -0.495 e. The van der Waals surface area contributed by atoms with Crippen LogP contribution in [0, 0.1) is 0 Å². The van der Waals surface area contributed by atoms with Crippen LogP contribution in [0.2, 0.25) is 0 Å². The molecule has 3 rings (SSSR count). The van der Waals surface area contributed by atoms with Crippen molar-refractivity contribution >= 4 is 23.2 Å². The maximum absolute atomic E-state index is 12.9. The summed E-state index contributed by atoms with van der Waals surface area (Å²) in [4.78, 5) is 27.1. The first-order valence-corrected chi connectivity index (χ1v) is 10.5. The van der Waals surface area contributed by atoms with E-state index in [0.717, 1.165) is 18.5 Å². The van der Waals surface area contributed by atoms with E-state index in [1.165, 1.54) is 0 Å². The average Bonchev–Trinajstić information content (AvgIpc) is 3.15. The third kappa shape index (κ3) is 4.50. The van der Waals surface area contributed by atoms with Crippen LogP contribution in [0.3, 0.4) is 0 Å². The molecule has 0 spiro atoms. The van der Waals surface area contributed by atoms with Gasteiger partial charge < -0.3 is 15.0 Å². The lowest BCUT2D eigenvalue weighted by molar-refractivity contribution is -0.119. The molecule has 0 bridgehead atoms. The van der Waals surface area contributed by atoms with Crippen LogP contribution >= 0.6 is 0 Å². The predicted molar refractivity (Wildman–Crippen MR) is 118 cm³/mol. The van der Waals surface area contributed by atoms with E-state index < -0.39 is 0 Å². The number of hydrogen-bond acceptors (Lipinski definition) is 4. The van der Waals surface area contributed by atoms with Crippen molar-refractivity contribution in [1.82, 2.24) is 9.78 Å². The molecule has 0 unspecified atom stereocenters. The molecule has 2 aromatic rings. The van der Waals surface area contributed by atoms with Gasteiger partial charge in [-0.05, 0) is 63.8 Å². The van der Waals surface area contributed by atoms with Gasteiger partial charge in [-0.1, -0.05) is 13.8 Å². The van der Waals surface area contributed by atoms with Crippen LogP contribution in [-0.4, -0.2) is 35.2 Å². The van der Waals surface area contributed by atoms with Crippen LogP contribution in [0.5, 0.6) is 5.75 Å². The number of piperidine rings is 1. The number of methoxy groups -OCH3 is 1. The van der Waals surface area contributed by atoms with Gasteiger partial charge in [0, 0.05) is 24.3 Å². The van der Waals surface area contributed by atoms with Gasteiger partial charge in [0.05, 0.1) is 18.3 Å². The molecule has 30 heavy (non-hydrogen) atoms. The van der Waals surface area contributed by atoms with Crippen LogP contribution in [0.25, 0.3) is 0 Å². The van der Waals surface area contributed by atoms with E-state index in [-0.39, 0.29) is 23.3 Å². The number of amides is 2. The summed E-state index contributed by atoms with van der Waals surface area (Å²) in [6.45, 7) is 11.0. The molecule has 0 saturated carbocycles. The second-order valence-electron chi connectivity index (χ2n) is 9.04. The summed E-state index contributed by atoms with van der Waals surface area (Å²) in [6.07, 6.45) is 2.39. The van der Waals surface area contributed by atoms with Gasteiger partial charge >= 0.3 is 0 Å². The summed E-state index contributed by atoms with van der Waals surface area (Å²) in [5.74, 6) is 0.660. The van der Waals surface area contributed by atoms with Crippen LogP contribution in [-0.2, 0) is 10.3 Å². The van der Waals surface area contributed by atoms with E-state index in [9.17, 15) is 9.59 Å². The molecule has 0 radical (unpaired) electrons. The molecule has 162 valence electrons. The van der Waals surface area contributed by atoms with Gasteiger partial charge in [-0.3, -0.25) is 14.3 Å². The number of hydrogen-bond donors (Lipinski definition) is 1. The fourth-order valence-electron chi connectivity index (χ4n) is 3.69. The Kier molecular flexibility index (Phi) is 6.19. The average molecular weight is 413 g/mol. The normalized spacial score (nSPS) is 14.9. The van der Waals surface area contributed by atoms with Gasteiger partial charge in [0.25, 0.3) is 5.91 Å². The summed E-state index contributed by atoms with van der Waals surface area (Å²) in [6, 6.07) is 7.20. The smallest absolute Gasteiger partial charge is 0.276 e. The number of anilines is 2. The highest BCUT2D eigenvalue weighted by atomic mass is 16.5. The van der Waals surface area contributed by atoms with E-state index in [0.29, 0.717) is 35.8 Å². The number of rotatable bonds is 5. The van der Waals surface area contributed by atoms with Crippen molar-refractivity contribution in [2.45, 2.75) is 65.3 Å². The quantitative estimate of drug-likeness (QED) is 0.782. The van der Waals surface area contributed by atoms with Crippen molar-refractivity contribution in [3.8, 4) is 5.75 Å². The Hall–Kier alpha value is -2.83. The Balaban J connectivity index is 1.89. The maximum atomic E-state index is 12.9. The predicted octanol–water partition coefficient (Wildman–Crippen LogP) is 4.54. The molecule has 0 atom stereocenters. The van der Waals surface area contributed by atoms with Crippen molar-refractivity contribution in [1.29, 1.82) is 0 Å². The summed E-state index contributed by atoms with van der Waals surface area (Å²) in [5.41, 5.74) is 2.45. The molecule has 1 aliphatic heterocycles. The van der Waals surface area contributed by atoms with E-state index in [1.54, 1.807) is 30.2 Å². The second kappa shape index (κ2) is 8.50. The minimum atomic E-state index is -0.277. The number of nitrogens with zero attached hydrogens (tertiary/aromatic N) is 3. The van der Waals surface area contributed by atoms with E-state index in [4.69, 9.17) is 4.74 Å². The Labute approximate surface area is 178 Å². The lowest BCUT2D eigenvalue weighted by Gasteiger charge is -2.28. The molecular formula is C23H32N4O3. The zero-order valence-electron chi connectivity index (χ0n) is 18.8. The first-order valence-electron chi connectivity index (χ1n) is 10.5. The second-order valence-corrected chi connectivity index (χ2v) is 9.04. The molecule has 1 aliphatic rings. The molecule has 1 saturated heterocycles. The lowest BCUT2D eigenvalue weighted by Crippen LogP contribution is -2.35. The zero-order chi connectivity index (χ0) is 22.1. The van der Waals surface area contributed by atoms with Gasteiger partial charge in [0.1, 0.15) is 5.75 Å². The Bertz CT molecular complexity index is 940. The van der Waals surface area contributed by atoms with Crippen molar-refractivity contribution in [3.63, 3.8) is 0 Å². The van der Waals surface area contributed by atoms with Crippen LogP contribution in [0.4, 0.5) is 11.4 Å². The summed E-state index contributed by atoms with van der Waals surface area (Å²) >= 11 is 0. The summed E-state index contributed by atoms with van der Waals surface area (Å²) < 4.78 is 7.37. The van der Waals surface area contributed by atoms with Crippen molar-refractivity contribution in [2.75, 3.05) is 23.9 Å². The number of nitrogens with one attached hydrogen (secondary N) is 1. The summed E-state index contributed by atoms with van der Waals surface area (Å²) in [7, 11) is 1.58. The first kappa shape index (κ1) is 21.9. The maximum Gasteiger partial charge on any atom is 0.276 e. The van der Waals surface area contributed by atoms with E-state index >= 15 is 0 Å². The summed E-state index contributed by atoms with van der Waals surface area (Å²) in [5, 5.41) is 7.50. The van der Waals surface area contributed by atoms with E-state index in [1.807, 2.05) is 10.7 Å². The topological polar surface area (TPSA) is 76.5 Å². The van der Waals surface area contributed by atoms with Gasteiger partial charge in [-0.25, -0.2) is 0 Å². The molecule has 2 heterocycles. The van der Waals surface area contributed by atoms with Gasteiger partial charge in [0.15, 0.2) is 5.69 Å². The Morgan fingerprint density at radius 2 is 1.93 bits per heavy atom. The van der Waals surface area contributed by atoms with Crippen molar-refractivity contribution < 1.29 is 14.3 Å². The molecule has 2 amide bonds. The minimum absolute atomic E-state index is 0.0773. The number of aromatic nitrogens is 2. The SMILES string of the molecule is COc1ccc(NC(=O)c2cc(C(C)C)n(C(C)(C)C)n2)cc1N1CCCCC1=O. The molecular weight excluding hydrogens is 380 g/mol.